The predicted molar refractivity (Wildman–Crippen MR) is 32.2 cm³/mol. The molecule has 1 aliphatic heterocycles. The Morgan fingerprint density at radius 2 is 2.33 bits per heavy atom. The van der Waals surface area contributed by atoms with Crippen LogP contribution in [0, 0.1) is 0 Å². The highest BCUT2D eigenvalue weighted by Gasteiger charge is 2.18. The maximum atomic E-state index is 8.97. The number of hydrogen-bond acceptors (Lipinski definition) is 3. The zero-order valence-electron chi connectivity index (χ0n) is 5.54. The minimum absolute atomic E-state index is 0.112. The molecule has 1 aliphatic rings. The molecule has 0 saturated carbocycles. The molecule has 0 radical (unpaired) electrons. The molecule has 3 nitrogen and oxygen atoms in total. The van der Waals surface area contributed by atoms with E-state index in [2.05, 4.69) is 0 Å². The summed E-state index contributed by atoms with van der Waals surface area (Å²) in [6.45, 7) is 3.50. The van der Waals surface area contributed by atoms with Gasteiger partial charge in [-0.25, -0.2) is 0 Å². The molecule has 0 aliphatic carbocycles. The molecule has 0 bridgehead atoms. The van der Waals surface area contributed by atoms with Crippen LogP contribution in [0.15, 0.2) is 0 Å². The van der Waals surface area contributed by atoms with Gasteiger partial charge in [-0.05, 0) is 6.92 Å². The fraction of sp³-hybridized carbons (Fsp3) is 1.00. The van der Waals surface area contributed by atoms with Crippen molar-refractivity contribution in [2.45, 2.75) is 19.1 Å². The smallest absolute Gasteiger partial charge is 0.106 e. The zero-order valence-corrected chi connectivity index (χ0v) is 5.54. The highest BCUT2D eigenvalue weighted by molar-refractivity contribution is 4.65. The molecule has 3 heteroatoms. The highest BCUT2D eigenvalue weighted by Crippen LogP contribution is 2.04. The summed E-state index contributed by atoms with van der Waals surface area (Å²) >= 11 is 0. The first-order valence-corrected chi connectivity index (χ1v) is 3.18. The summed E-state index contributed by atoms with van der Waals surface area (Å²) in [4.78, 5) is 0. The van der Waals surface area contributed by atoms with E-state index in [1.807, 2.05) is 0 Å². The summed E-state index contributed by atoms with van der Waals surface area (Å²) < 4.78 is 10.2. The second-order valence-electron chi connectivity index (χ2n) is 2.22. The average molecular weight is 132 g/mol. The molecule has 1 N–H and O–H groups in total. The van der Waals surface area contributed by atoms with E-state index in [4.69, 9.17) is 14.6 Å². The first-order valence-electron chi connectivity index (χ1n) is 3.18. The van der Waals surface area contributed by atoms with Crippen LogP contribution in [0.25, 0.3) is 0 Å². The lowest BCUT2D eigenvalue weighted by atomic mass is 10.2. The Morgan fingerprint density at radius 3 is 2.67 bits per heavy atom. The van der Waals surface area contributed by atoms with E-state index < -0.39 is 6.10 Å². The van der Waals surface area contributed by atoms with E-state index >= 15 is 0 Å². The molecule has 0 aromatic carbocycles. The van der Waals surface area contributed by atoms with Crippen molar-refractivity contribution in [3.63, 3.8) is 0 Å². The van der Waals surface area contributed by atoms with Gasteiger partial charge in [-0.15, -0.1) is 0 Å². The average Bonchev–Trinajstić information content (AvgIpc) is 1.90. The third-order valence-corrected chi connectivity index (χ3v) is 1.38. The number of rotatable bonds is 1. The second-order valence-corrected chi connectivity index (χ2v) is 2.22. The lowest BCUT2D eigenvalue weighted by Gasteiger charge is -2.24. The molecule has 1 heterocycles. The third-order valence-electron chi connectivity index (χ3n) is 1.38. The molecular weight excluding hydrogens is 120 g/mol. The Kier molecular flexibility index (Phi) is 2.45. The molecule has 0 aromatic rings. The van der Waals surface area contributed by atoms with Crippen LogP contribution in [0.5, 0.6) is 0 Å². The molecule has 0 amide bonds. The van der Waals surface area contributed by atoms with Crippen LogP contribution < -0.4 is 0 Å². The van der Waals surface area contributed by atoms with Crippen molar-refractivity contribution in [1.29, 1.82) is 0 Å². The van der Waals surface area contributed by atoms with Gasteiger partial charge in [-0.2, -0.15) is 0 Å². The van der Waals surface area contributed by atoms with E-state index in [1.165, 1.54) is 0 Å². The van der Waals surface area contributed by atoms with Gasteiger partial charge in [0.05, 0.1) is 25.9 Å². The van der Waals surface area contributed by atoms with Crippen LogP contribution in [-0.2, 0) is 9.47 Å². The molecule has 1 saturated heterocycles. The monoisotopic (exact) mass is 132 g/mol. The van der Waals surface area contributed by atoms with Gasteiger partial charge in [0.2, 0.25) is 0 Å². The van der Waals surface area contributed by atoms with Gasteiger partial charge in [-0.1, -0.05) is 0 Å². The number of hydrogen-bond donors (Lipinski definition) is 1. The number of ether oxygens (including phenoxy) is 2. The lowest BCUT2D eigenvalue weighted by Crippen LogP contribution is -2.36. The standard InChI is InChI=1S/C6H12O3/c1-5(7)6-4-8-2-3-9-6/h5-7H,2-4H2,1H3/t5-,6?/m0/s1. The van der Waals surface area contributed by atoms with Gasteiger partial charge in [0.15, 0.2) is 0 Å². The zero-order chi connectivity index (χ0) is 6.69. The van der Waals surface area contributed by atoms with Crippen LogP contribution in [0.2, 0.25) is 0 Å². The summed E-state index contributed by atoms with van der Waals surface area (Å²) in [5.41, 5.74) is 0. The van der Waals surface area contributed by atoms with Gasteiger partial charge in [0, 0.05) is 0 Å². The van der Waals surface area contributed by atoms with Crippen LogP contribution in [0.1, 0.15) is 6.92 Å². The molecular formula is C6H12O3. The van der Waals surface area contributed by atoms with Gasteiger partial charge in [0.25, 0.3) is 0 Å². The Balaban J connectivity index is 2.23. The second kappa shape index (κ2) is 3.15. The summed E-state index contributed by atoms with van der Waals surface area (Å²) in [5.74, 6) is 0. The molecule has 2 atom stereocenters. The molecule has 1 rings (SSSR count). The minimum atomic E-state index is -0.412. The van der Waals surface area contributed by atoms with E-state index in [9.17, 15) is 0 Å². The number of aliphatic hydroxyl groups is 1. The Hall–Kier alpha value is -0.120. The molecule has 1 fully saturated rings. The molecule has 0 spiro atoms. The maximum absolute atomic E-state index is 8.97. The van der Waals surface area contributed by atoms with Gasteiger partial charge in [-0.3, -0.25) is 0 Å². The van der Waals surface area contributed by atoms with Crippen LogP contribution >= 0.6 is 0 Å². The largest absolute Gasteiger partial charge is 0.391 e. The fourth-order valence-electron chi connectivity index (χ4n) is 0.785. The Bertz CT molecular complexity index is 76.4. The maximum Gasteiger partial charge on any atom is 0.106 e. The van der Waals surface area contributed by atoms with E-state index in [-0.39, 0.29) is 6.10 Å². The first-order chi connectivity index (χ1) is 4.30. The van der Waals surface area contributed by atoms with Gasteiger partial charge in [0.1, 0.15) is 6.10 Å². The summed E-state index contributed by atoms with van der Waals surface area (Å²) in [7, 11) is 0. The van der Waals surface area contributed by atoms with Crippen LogP contribution in [0.4, 0.5) is 0 Å². The topological polar surface area (TPSA) is 38.7 Å². The van der Waals surface area contributed by atoms with E-state index in [0.29, 0.717) is 19.8 Å². The van der Waals surface area contributed by atoms with E-state index in [1.54, 1.807) is 6.92 Å². The summed E-state index contributed by atoms with van der Waals surface area (Å²) in [6, 6.07) is 0. The van der Waals surface area contributed by atoms with Crippen molar-refractivity contribution in [3.05, 3.63) is 0 Å². The van der Waals surface area contributed by atoms with Crippen molar-refractivity contribution >= 4 is 0 Å². The van der Waals surface area contributed by atoms with Crippen molar-refractivity contribution in [3.8, 4) is 0 Å². The normalized spacial score (nSPS) is 32.0. The molecule has 0 aromatic heterocycles. The van der Waals surface area contributed by atoms with Crippen LogP contribution in [-0.4, -0.2) is 37.1 Å². The Morgan fingerprint density at radius 1 is 1.56 bits per heavy atom. The van der Waals surface area contributed by atoms with Crippen molar-refractivity contribution in [1.82, 2.24) is 0 Å². The summed E-state index contributed by atoms with van der Waals surface area (Å²) in [5, 5.41) is 8.97. The summed E-state index contributed by atoms with van der Waals surface area (Å²) in [6.07, 6.45) is -0.524. The highest BCUT2D eigenvalue weighted by atomic mass is 16.6. The van der Waals surface area contributed by atoms with Gasteiger partial charge >= 0.3 is 0 Å². The molecule has 9 heavy (non-hydrogen) atoms. The number of aliphatic hydroxyl groups excluding tert-OH is 1. The first kappa shape index (κ1) is 6.99. The van der Waals surface area contributed by atoms with Crippen molar-refractivity contribution in [2.75, 3.05) is 19.8 Å². The lowest BCUT2D eigenvalue weighted by molar-refractivity contribution is -0.127. The van der Waals surface area contributed by atoms with Crippen molar-refractivity contribution < 1.29 is 14.6 Å². The molecule has 54 valence electrons. The van der Waals surface area contributed by atoms with Gasteiger partial charge < -0.3 is 14.6 Å². The minimum Gasteiger partial charge on any atom is -0.391 e. The van der Waals surface area contributed by atoms with Crippen molar-refractivity contribution in [2.24, 2.45) is 0 Å². The SMILES string of the molecule is C[C@H](O)C1COCCO1. The fourth-order valence-corrected chi connectivity index (χ4v) is 0.785. The van der Waals surface area contributed by atoms with E-state index in [0.717, 1.165) is 0 Å². The van der Waals surface area contributed by atoms with Crippen LogP contribution in [0.3, 0.4) is 0 Å². The predicted octanol–water partition coefficient (Wildman–Crippen LogP) is -0.217. The quantitative estimate of drug-likeness (QED) is 0.536. The molecule has 1 unspecified atom stereocenters. The Labute approximate surface area is 54.6 Å². The third kappa shape index (κ3) is 1.93.